The maximum Gasteiger partial charge on any atom is 0.180 e. The minimum atomic E-state index is 0.0214. The van der Waals surface area contributed by atoms with E-state index < -0.39 is 0 Å². The molecule has 0 aliphatic rings. The van der Waals surface area contributed by atoms with Crippen LogP contribution >= 0.6 is 15.9 Å². The van der Waals surface area contributed by atoms with Gasteiger partial charge < -0.3 is 5.32 Å². The maximum absolute atomic E-state index is 11.2. The molecule has 0 saturated carbocycles. The van der Waals surface area contributed by atoms with Crippen LogP contribution in [-0.4, -0.2) is 29.6 Å². The Hall–Kier alpha value is -0.680. The zero-order valence-corrected chi connectivity index (χ0v) is 7.60. The number of aromatic nitrogens is 2. The zero-order chi connectivity index (χ0) is 8.27. The molecule has 1 aromatic heterocycles. The molecule has 0 aliphatic carbocycles. The Morgan fingerprint density at radius 3 is 3.09 bits per heavy atom. The molecule has 0 unspecified atom stereocenters. The highest BCUT2D eigenvalue weighted by atomic mass is 79.9. The van der Waals surface area contributed by atoms with Crippen LogP contribution in [0.3, 0.4) is 0 Å². The Labute approximate surface area is 72.5 Å². The molecule has 0 aliphatic heterocycles. The number of halogens is 1. The van der Waals surface area contributed by atoms with Crippen LogP contribution in [0, 0.1) is 0 Å². The number of H-pyrrole nitrogens is 1. The second-order valence-corrected chi connectivity index (χ2v) is 2.84. The van der Waals surface area contributed by atoms with Crippen LogP contribution in [0.15, 0.2) is 10.8 Å². The summed E-state index contributed by atoms with van der Waals surface area (Å²) >= 11 is 3.17. The molecule has 4 nitrogen and oxygen atoms in total. The number of aromatic amines is 1. The van der Waals surface area contributed by atoms with Gasteiger partial charge in [0, 0.05) is 0 Å². The normalized spacial score (nSPS) is 10.0. The molecule has 0 atom stereocenters. The largest absolute Gasteiger partial charge is 0.313 e. The summed E-state index contributed by atoms with van der Waals surface area (Å²) in [6.45, 7) is 0.331. The van der Waals surface area contributed by atoms with Gasteiger partial charge in [0.2, 0.25) is 0 Å². The van der Waals surface area contributed by atoms with E-state index in [9.17, 15) is 4.79 Å². The summed E-state index contributed by atoms with van der Waals surface area (Å²) in [6, 6.07) is 0. The number of nitrogens with zero attached hydrogens (tertiary/aromatic N) is 1. The standard InChI is InChI=1S/C6H8BrN3O/c1-8-3-5(11)4-2-9-10-6(4)7/h2,8H,3H2,1H3,(H,9,10). The van der Waals surface area contributed by atoms with Gasteiger partial charge in [0.25, 0.3) is 0 Å². The van der Waals surface area contributed by atoms with Gasteiger partial charge in [0.05, 0.1) is 18.3 Å². The van der Waals surface area contributed by atoms with E-state index in [1.54, 1.807) is 7.05 Å². The monoisotopic (exact) mass is 217 g/mol. The van der Waals surface area contributed by atoms with Crippen molar-refractivity contribution in [3.8, 4) is 0 Å². The number of carbonyl (C=O) groups is 1. The predicted octanol–water partition coefficient (Wildman–Crippen LogP) is 0.574. The van der Waals surface area contributed by atoms with Gasteiger partial charge in [0.1, 0.15) is 4.60 Å². The number of likely N-dealkylation sites (N-methyl/N-ethyl adjacent to an activating group) is 1. The predicted molar refractivity (Wildman–Crippen MR) is 44.5 cm³/mol. The number of rotatable bonds is 3. The van der Waals surface area contributed by atoms with E-state index in [4.69, 9.17) is 0 Å². The van der Waals surface area contributed by atoms with Crippen molar-refractivity contribution in [3.05, 3.63) is 16.4 Å². The molecule has 0 saturated heterocycles. The lowest BCUT2D eigenvalue weighted by Crippen LogP contribution is -2.18. The van der Waals surface area contributed by atoms with Crippen molar-refractivity contribution in [1.29, 1.82) is 0 Å². The first-order valence-electron chi connectivity index (χ1n) is 3.12. The highest BCUT2D eigenvalue weighted by Crippen LogP contribution is 2.11. The van der Waals surface area contributed by atoms with E-state index in [0.29, 0.717) is 16.7 Å². The average molecular weight is 218 g/mol. The average Bonchev–Trinajstić information content (AvgIpc) is 2.36. The Morgan fingerprint density at radius 1 is 1.91 bits per heavy atom. The Bertz CT molecular complexity index is 258. The molecule has 0 spiro atoms. The summed E-state index contributed by atoms with van der Waals surface area (Å²) in [5.74, 6) is 0.0214. The first-order valence-corrected chi connectivity index (χ1v) is 3.91. The van der Waals surface area contributed by atoms with Gasteiger partial charge in [-0.25, -0.2) is 0 Å². The molecule has 1 aromatic rings. The molecular formula is C6H8BrN3O. The van der Waals surface area contributed by atoms with Crippen LogP contribution in [0.25, 0.3) is 0 Å². The van der Waals surface area contributed by atoms with Crippen LogP contribution in [0.4, 0.5) is 0 Å². The maximum atomic E-state index is 11.2. The molecule has 11 heavy (non-hydrogen) atoms. The lowest BCUT2D eigenvalue weighted by Gasteiger charge is -1.94. The number of hydrogen-bond acceptors (Lipinski definition) is 3. The number of hydrogen-bond donors (Lipinski definition) is 2. The highest BCUT2D eigenvalue weighted by Gasteiger charge is 2.09. The van der Waals surface area contributed by atoms with Crippen LogP contribution < -0.4 is 5.32 Å². The highest BCUT2D eigenvalue weighted by molar-refractivity contribution is 9.10. The molecule has 1 heterocycles. The van der Waals surface area contributed by atoms with Crippen LogP contribution in [0.2, 0.25) is 0 Å². The third kappa shape index (κ3) is 1.87. The van der Waals surface area contributed by atoms with E-state index in [1.165, 1.54) is 6.20 Å². The lowest BCUT2D eigenvalue weighted by atomic mass is 10.2. The molecule has 5 heteroatoms. The van der Waals surface area contributed by atoms with Gasteiger partial charge in [-0.2, -0.15) is 5.10 Å². The summed E-state index contributed by atoms with van der Waals surface area (Å²) < 4.78 is 0.637. The lowest BCUT2D eigenvalue weighted by molar-refractivity contribution is 0.0993. The molecule has 0 bridgehead atoms. The second kappa shape index (κ2) is 3.64. The molecular weight excluding hydrogens is 210 g/mol. The first kappa shape index (κ1) is 8.42. The van der Waals surface area contributed by atoms with E-state index in [1.807, 2.05) is 0 Å². The third-order valence-electron chi connectivity index (χ3n) is 1.23. The summed E-state index contributed by atoms with van der Waals surface area (Å²) in [5.41, 5.74) is 0.583. The van der Waals surface area contributed by atoms with Gasteiger partial charge in [-0.05, 0) is 23.0 Å². The van der Waals surface area contributed by atoms with Crippen LogP contribution in [0.1, 0.15) is 10.4 Å². The molecule has 0 fully saturated rings. The molecule has 0 radical (unpaired) electrons. The number of carbonyl (C=O) groups excluding carboxylic acids is 1. The quantitative estimate of drug-likeness (QED) is 0.729. The van der Waals surface area contributed by atoms with Gasteiger partial charge in [0.15, 0.2) is 5.78 Å². The molecule has 1 rings (SSSR count). The summed E-state index contributed by atoms with van der Waals surface area (Å²) in [6.07, 6.45) is 1.50. The minimum Gasteiger partial charge on any atom is -0.313 e. The van der Waals surface area contributed by atoms with E-state index >= 15 is 0 Å². The summed E-state index contributed by atoms with van der Waals surface area (Å²) in [4.78, 5) is 11.2. The second-order valence-electron chi connectivity index (χ2n) is 2.05. The molecule has 2 N–H and O–H groups in total. The van der Waals surface area contributed by atoms with Crippen LogP contribution in [-0.2, 0) is 0 Å². The smallest absolute Gasteiger partial charge is 0.180 e. The van der Waals surface area contributed by atoms with E-state index in [-0.39, 0.29) is 5.78 Å². The van der Waals surface area contributed by atoms with Crippen molar-refractivity contribution in [2.75, 3.05) is 13.6 Å². The van der Waals surface area contributed by atoms with E-state index in [2.05, 4.69) is 31.4 Å². The molecule has 60 valence electrons. The van der Waals surface area contributed by atoms with Crippen molar-refractivity contribution in [2.45, 2.75) is 0 Å². The summed E-state index contributed by atoms with van der Waals surface area (Å²) in [7, 11) is 1.73. The van der Waals surface area contributed by atoms with Crippen molar-refractivity contribution in [3.63, 3.8) is 0 Å². The first-order chi connectivity index (χ1) is 5.25. The Morgan fingerprint density at radius 2 is 2.64 bits per heavy atom. The van der Waals surface area contributed by atoms with Crippen molar-refractivity contribution < 1.29 is 4.79 Å². The van der Waals surface area contributed by atoms with Gasteiger partial charge >= 0.3 is 0 Å². The fraction of sp³-hybridized carbons (Fsp3) is 0.333. The third-order valence-corrected chi connectivity index (χ3v) is 1.84. The van der Waals surface area contributed by atoms with Gasteiger partial charge in [-0.1, -0.05) is 0 Å². The fourth-order valence-electron chi connectivity index (χ4n) is 0.721. The number of ketones is 1. The number of Topliss-reactive ketones (excluding diaryl/α,β-unsaturated/α-hetero) is 1. The van der Waals surface area contributed by atoms with Crippen molar-refractivity contribution in [2.24, 2.45) is 0 Å². The minimum absolute atomic E-state index is 0.0214. The Kier molecular flexibility index (Phi) is 2.78. The van der Waals surface area contributed by atoms with Crippen LogP contribution in [0.5, 0.6) is 0 Å². The summed E-state index contributed by atoms with van der Waals surface area (Å²) in [5, 5.41) is 9.10. The molecule has 0 amide bonds. The van der Waals surface area contributed by atoms with E-state index in [0.717, 1.165) is 0 Å². The Balaban J connectivity index is 2.76. The van der Waals surface area contributed by atoms with Gasteiger partial charge in [-0.15, -0.1) is 0 Å². The van der Waals surface area contributed by atoms with Crippen molar-refractivity contribution in [1.82, 2.24) is 15.5 Å². The topological polar surface area (TPSA) is 57.8 Å². The van der Waals surface area contributed by atoms with Gasteiger partial charge in [-0.3, -0.25) is 9.89 Å². The SMILES string of the molecule is CNCC(=O)c1cn[nH]c1Br. The number of nitrogens with one attached hydrogen (secondary N) is 2. The fourth-order valence-corrected chi connectivity index (χ4v) is 1.15. The van der Waals surface area contributed by atoms with Crippen molar-refractivity contribution >= 4 is 21.7 Å². The molecule has 0 aromatic carbocycles. The zero-order valence-electron chi connectivity index (χ0n) is 6.02.